The SMILES string of the molecule is CCc1[nH]nc(C(=O)N2CCC(C)C(OC)C2)c1N. The Bertz CT molecular complexity index is 457. The summed E-state index contributed by atoms with van der Waals surface area (Å²) in [5.41, 5.74) is 7.57. The Labute approximate surface area is 113 Å². The summed E-state index contributed by atoms with van der Waals surface area (Å²) >= 11 is 0. The minimum Gasteiger partial charge on any atom is -0.395 e. The number of aromatic nitrogens is 2. The summed E-state index contributed by atoms with van der Waals surface area (Å²) in [4.78, 5) is 14.2. The highest BCUT2D eigenvalue weighted by atomic mass is 16.5. The number of ether oxygens (including phenoxy) is 1. The highest BCUT2D eigenvalue weighted by molar-refractivity contribution is 5.97. The zero-order valence-electron chi connectivity index (χ0n) is 11.8. The maximum absolute atomic E-state index is 12.4. The standard InChI is InChI=1S/C13H22N4O2/c1-4-9-11(14)12(16-15-9)13(18)17-6-5-8(2)10(7-17)19-3/h8,10H,4-7,14H2,1-3H3,(H,15,16). The lowest BCUT2D eigenvalue weighted by atomic mass is 9.95. The van der Waals surface area contributed by atoms with E-state index in [2.05, 4.69) is 17.1 Å². The number of nitrogens with one attached hydrogen (secondary N) is 1. The van der Waals surface area contributed by atoms with Crippen LogP contribution in [0.4, 0.5) is 5.69 Å². The van der Waals surface area contributed by atoms with E-state index < -0.39 is 0 Å². The van der Waals surface area contributed by atoms with Crippen LogP contribution in [-0.4, -0.2) is 47.3 Å². The monoisotopic (exact) mass is 266 g/mol. The number of carbonyl (C=O) groups excluding carboxylic acids is 1. The fraction of sp³-hybridized carbons (Fsp3) is 0.692. The lowest BCUT2D eigenvalue weighted by molar-refractivity contribution is -0.00173. The maximum atomic E-state index is 12.4. The number of aromatic amines is 1. The third kappa shape index (κ3) is 2.58. The molecular formula is C13H22N4O2. The average molecular weight is 266 g/mol. The number of hydrogen-bond donors (Lipinski definition) is 2. The van der Waals surface area contributed by atoms with E-state index in [0.29, 0.717) is 23.8 Å². The minimum atomic E-state index is -0.109. The van der Waals surface area contributed by atoms with E-state index in [0.717, 1.165) is 25.1 Å². The lowest BCUT2D eigenvalue weighted by Crippen LogP contribution is -2.46. The molecule has 0 radical (unpaired) electrons. The van der Waals surface area contributed by atoms with Crippen LogP contribution in [-0.2, 0) is 11.2 Å². The summed E-state index contributed by atoms with van der Waals surface area (Å²) in [6.45, 7) is 5.45. The van der Waals surface area contributed by atoms with Gasteiger partial charge in [-0.05, 0) is 18.8 Å². The van der Waals surface area contributed by atoms with Gasteiger partial charge in [-0.25, -0.2) is 0 Å². The molecule has 1 aromatic rings. The number of nitrogens with two attached hydrogens (primary N) is 1. The van der Waals surface area contributed by atoms with Crippen molar-refractivity contribution in [1.29, 1.82) is 0 Å². The van der Waals surface area contributed by atoms with Crippen molar-refractivity contribution < 1.29 is 9.53 Å². The molecule has 1 aliphatic heterocycles. The molecular weight excluding hydrogens is 244 g/mol. The van der Waals surface area contributed by atoms with E-state index in [4.69, 9.17) is 10.5 Å². The number of methoxy groups -OCH3 is 1. The Morgan fingerprint density at radius 2 is 2.37 bits per heavy atom. The molecule has 0 bridgehead atoms. The average Bonchev–Trinajstić information content (AvgIpc) is 2.79. The van der Waals surface area contributed by atoms with Crippen LogP contribution in [0.3, 0.4) is 0 Å². The van der Waals surface area contributed by atoms with Crippen LogP contribution in [0.2, 0.25) is 0 Å². The van der Waals surface area contributed by atoms with Crippen LogP contribution < -0.4 is 5.73 Å². The summed E-state index contributed by atoms with van der Waals surface area (Å²) in [5, 5.41) is 6.87. The van der Waals surface area contributed by atoms with Gasteiger partial charge in [0.05, 0.1) is 17.5 Å². The van der Waals surface area contributed by atoms with Crippen molar-refractivity contribution in [1.82, 2.24) is 15.1 Å². The number of nitrogen functional groups attached to an aromatic ring is 1. The summed E-state index contributed by atoms with van der Waals surface area (Å²) in [6, 6.07) is 0. The first kappa shape index (κ1) is 13.9. The summed E-state index contributed by atoms with van der Waals surface area (Å²) < 4.78 is 5.42. The first-order valence-corrected chi connectivity index (χ1v) is 6.73. The van der Waals surface area contributed by atoms with E-state index in [1.807, 2.05) is 6.92 Å². The number of amides is 1. The fourth-order valence-electron chi connectivity index (χ4n) is 2.49. The number of carbonyl (C=O) groups is 1. The van der Waals surface area contributed by atoms with E-state index in [9.17, 15) is 4.79 Å². The Morgan fingerprint density at radius 1 is 1.63 bits per heavy atom. The van der Waals surface area contributed by atoms with Gasteiger partial charge in [-0.3, -0.25) is 9.89 Å². The van der Waals surface area contributed by atoms with Gasteiger partial charge in [-0.1, -0.05) is 13.8 Å². The Hall–Kier alpha value is -1.56. The highest BCUT2D eigenvalue weighted by Crippen LogP contribution is 2.23. The topological polar surface area (TPSA) is 84.2 Å². The second kappa shape index (κ2) is 5.61. The molecule has 1 aromatic heterocycles. The van der Waals surface area contributed by atoms with Gasteiger partial charge in [0.2, 0.25) is 0 Å². The normalized spacial score (nSPS) is 23.6. The predicted octanol–water partition coefficient (Wildman–Crippen LogP) is 1.05. The van der Waals surface area contributed by atoms with Crippen LogP contribution in [0.5, 0.6) is 0 Å². The summed E-state index contributed by atoms with van der Waals surface area (Å²) in [5.74, 6) is 0.360. The van der Waals surface area contributed by atoms with Gasteiger partial charge in [-0.2, -0.15) is 5.10 Å². The van der Waals surface area contributed by atoms with Gasteiger partial charge in [0.15, 0.2) is 5.69 Å². The predicted molar refractivity (Wildman–Crippen MR) is 72.9 cm³/mol. The fourth-order valence-corrected chi connectivity index (χ4v) is 2.49. The van der Waals surface area contributed by atoms with Crippen molar-refractivity contribution >= 4 is 11.6 Å². The van der Waals surface area contributed by atoms with Crippen LogP contribution >= 0.6 is 0 Å². The number of hydrogen-bond acceptors (Lipinski definition) is 4. The zero-order valence-corrected chi connectivity index (χ0v) is 11.8. The molecule has 0 aromatic carbocycles. The van der Waals surface area contributed by atoms with Gasteiger partial charge >= 0.3 is 0 Å². The molecule has 0 saturated carbocycles. The molecule has 0 aliphatic carbocycles. The molecule has 3 N–H and O–H groups in total. The zero-order chi connectivity index (χ0) is 14.0. The van der Waals surface area contributed by atoms with Crippen LogP contribution in [0.1, 0.15) is 36.5 Å². The van der Waals surface area contributed by atoms with E-state index in [-0.39, 0.29) is 12.0 Å². The molecule has 1 fully saturated rings. The number of likely N-dealkylation sites (tertiary alicyclic amines) is 1. The van der Waals surface area contributed by atoms with E-state index in [1.54, 1.807) is 12.0 Å². The third-order valence-corrected chi connectivity index (χ3v) is 3.92. The minimum absolute atomic E-state index is 0.0866. The van der Waals surface area contributed by atoms with Gasteiger partial charge < -0.3 is 15.4 Å². The number of piperidine rings is 1. The number of aryl methyl sites for hydroxylation is 1. The summed E-state index contributed by atoms with van der Waals surface area (Å²) in [6.07, 6.45) is 1.77. The number of H-pyrrole nitrogens is 1. The van der Waals surface area contributed by atoms with Crippen molar-refractivity contribution in [2.24, 2.45) is 5.92 Å². The summed E-state index contributed by atoms with van der Waals surface area (Å²) in [7, 11) is 1.69. The molecule has 6 heteroatoms. The Morgan fingerprint density at radius 3 is 2.95 bits per heavy atom. The molecule has 2 heterocycles. The van der Waals surface area contributed by atoms with Gasteiger partial charge in [0.25, 0.3) is 5.91 Å². The van der Waals surface area contributed by atoms with Crippen LogP contribution in [0, 0.1) is 5.92 Å². The second-order valence-electron chi connectivity index (χ2n) is 5.11. The molecule has 2 rings (SSSR count). The smallest absolute Gasteiger partial charge is 0.276 e. The maximum Gasteiger partial charge on any atom is 0.276 e. The largest absolute Gasteiger partial charge is 0.395 e. The van der Waals surface area contributed by atoms with Crippen molar-refractivity contribution in [3.8, 4) is 0 Å². The molecule has 1 amide bonds. The highest BCUT2D eigenvalue weighted by Gasteiger charge is 2.31. The van der Waals surface area contributed by atoms with Gasteiger partial charge in [0, 0.05) is 20.2 Å². The number of anilines is 1. The number of rotatable bonds is 3. The third-order valence-electron chi connectivity index (χ3n) is 3.92. The van der Waals surface area contributed by atoms with E-state index >= 15 is 0 Å². The molecule has 1 aliphatic rings. The van der Waals surface area contributed by atoms with Crippen LogP contribution in [0.15, 0.2) is 0 Å². The molecule has 2 atom stereocenters. The quantitative estimate of drug-likeness (QED) is 0.856. The van der Waals surface area contributed by atoms with Crippen LogP contribution in [0.25, 0.3) is 0 Å². The van der Waals surface area contributed by atoms with Gasteiger partial charge in [0.1, 0.15) is 0 Å². The molecule has 106 valence electrons. The van der Waals surface area contributed by atoms with Crippen molar-refractivity contribution in [2.75, 3.05) is 25.9 Å². The van der Waals surface area contributed by atoms with Crippen molar-refractivity contribution in [2.45, 2.75) is 32.8 Å². The molecule has 6 nitrogen and oxygen atoms in total. The second-order valence-corrected chi connectivity index (χ2v) is 5.11. The lowest BCUT2D eigenvalue weighted by Gasteiger charge is -2.35. The molecule has 2 unspecified atom stereocenters. The van der Waals surface area contributed by atoms with Crippen molar-refractivity contribution in [3.63, 3.8) is 0 Å². The van der Waals surface area contributed by atoms with E-state index in [1.165, 1.54) is 0 Å². The van der Waals surface area contributed by atoms with Crippen molar-refractivity contribution in [3.05, 3.63) is 11.4 Å². The number of nitrogens with zero attached hydrogens (tertiary/aromatic N) is 2. The molecule has 1 saturated heterocycles. The molecule has 0 spiro atoms. The molecule has 19 heavy (non-hydrogen) atoms. The first-order valence-electron chi connectivity index (χ1n) is 6.73. The Balaban J connectivity index is 2.13. The van der Waals surface area contributed by atoms with Gasteiger partial charge in [-0.15, -0.1) is 0 Å². The first-order chi connectivity index (χ1) is 9.08. The Kier molecular flexibility index (Phi) is 4.09.